The second-order valence-electron chi connectivity index (χ2n) is 6.03. The highest BCUT2D eigenvalue weighted by molar-refractivity contribution is 7.98. The quantitative estimate of drug-likeness (QED) is 0.500. The number of aromatic amines is 1. The van der Waals surface area contributed by atoms with Gasteiger partial charge in [0.15, 0.2) is 5.16 Å². The average Bonchev–Trinajstić information content (AvgIpc) is 3.05. The van der Waals surface area contributed by atoms with Crippen LogP contribution in [0.3, 0.4) is 0 Å². The summed E-state index contributed by atoms with van der Waals surface area (Å²) in [4.78, 5) is 21.0. The molecule has 0 amide bonds. The van der Waals surface area contributed by atoms with Crippen LogP contribution < -0.4 is 11.4 Å². The molecular formula is C19H18N6OS. The number of nitrogens with one attached hydrogen (secondary N) is 1. The molecule has 4 rings (SSSR count). The summed E-state index contributed by atoms with van der Waals surface area (Å²) in [6, 6.07) is 17.7. The lowest BCUT2D eigenvalue weighted by molar-refractivity contribution is 0.615. The summed E-state index contributed by atoms with van der Waals surface area (Å²) in [5, 5.41) is 8.11. The molecule has 0 aliphatic rings. The van der Waals surface area contributed by atoms with Gasteiger partial charge in [-0.3, -0.25) is 4.57 Å². The molecule has 27 heavy (non-hydrogen) atoms. The number of anilines is 1. The van der Waals surface area contributed by atoms with Crippen molar-refractivity contribution in [1.29, 1.82) is 0 Å². The third kappa shape index (κ3) is 3.85. The molecule has 0 bridgehead atoms. The largest absolute Gasteiger partial charge is 0.383 e. The van der Waals surface area contributed by atoms with E-state index >= 15 is 0 Å². The van der Waals surface area contributed by atoms with Crippen LogP contribution in [0.5, 0.6) is 0 Å². The summed E-state index contributed by atoms with van der Waals surface area (Å²) in [6.07, 6.45) is 0.757. The Morgan fingerprint density at radius 1 is 1.04 bits per heavy atom. The van der Waals surface area contributed by atoms with Crippen LogP contribution in [0.4, 0.5) is 5.82 Å². The molecule has 0 fully saturated rings. The van der Waals surface area contributed by atoms with Gasteiger partial charge < -0.3 is 5.73 Å². The molecule has 0 aliphatic carbocycles. The fourth-order valence-electron chi connectivity index (χ4n) is 2.84. The number of H-pyrrole nitrogens is 1. The van der Waals surface area contributed by atoms with Crippen molar-refractivity contribution in [2.24, 2.45) is 0 Å². The fourth-order valence-corrected chi connectivity index (χ4v) is 3.67. The Hall–Kier alpha value is -3.13. The van der Waals surface area contributed by atoms with Crippen molar-refractivity contribution in [2.75, 3.05) is 5.73 Å². The molecule has 0 spiro atoms. The summed E-state index contributed by atoms with van der Waals surface area (Å²) in [7, 11) is 0. The SMILES string of the molecule is Nc1nc(CSc2n[nH]c(=O)n2CCc2ccccc2)nc2ccccc12. The minimum atomic E-state index is -0.215. The highest BCUT2D eigenvalue weighted by Gasteiger charge is 2.11. The first-order valence-corrected chi connectivity index (χ1v) is 9.52. The number of hydrogen-bond acceptors (Lipinski definition) is 6. The Labute approximate surface area is 159 Å². The lowest BCUT2D eigenvalue weighted by Gasteiger charge is -2.07. The number of nitrogens with two attached hydrogens (primary N) is 1. The predicted octanol–water partition coefficient (Wildman–Crippen LogP) is 2.63. The van der Waals surface area contributed by atoms with Gasteiger partial charge in [0.2, 0.25) is 0 Å². The smallest absolute Gasteiger partial charge is 0.343 e. The molecular weight excluding hydrogens is 360 g/mol. The standard InChI is InChI=1S/C19H18N6OS/c20-17-14-8-4-5-9-15(14)21-16(22-17)12-27-19-24-23-18(26)25(19)11-10-13-6-2-1-3-7-13/h1-9H,10-12H2,(H,23,26)(H2,20,21,22). The number of nitrogen functional groups attached to an aromatic ring is 1. The van der Waals surface area contributed by atoms with Crippen LogP contribution in [0.1, 0.15) is 11.4 Å². The maximum atomic E-state index is 12.1. The molecule has 8 heteroatoms. The number of benzene rings is 2. The zero-order valence-electron chi connectivity index (χ0n) is 14.5. The number of fused-ring (bicyclic) bond motifs is 1. The maximum Gasteiger partial charge on any atom is 0.343 e. The minimum Gasteiger partial charge on any atom is -0.383 e. The monoisotopic (exact) mass is 378 g/mol. The van der Waals surface area contributed by atoms with Crippen molar-refractivity contribution in [3.63, 3.8) is 0 Å². The van der Waals surface area contributed by atoms with Gasteiger partial charge in [0.25, 0.3) is 0 Å². The van der Waals surface area contributed by atoms with E-state index in [0.717, 1.165) is 17.3 Å². The second-order valence-corrected chi connectivity index (χ2v) is 6.97. The van der Waals surface area contributed by atoms with E-state index in [9.17, 15) is 4.79 Å². The summed E-state index contributed by atoms with van der Waals surface area (Å²) in [5.41, 5.74) is 7.80. The van der Waals surface area contributed by atoms with E-state index in [0.29, 0.717) is 29.1 Å². The van der Waals surface area contributed by atoms with E-state index in [2.05, 4.69) is 20.2 Å². The summed E-state index contributed by atoms with van der Waals surface area (Å²) >= 11 is 1.41. The molecule has 2 aromatic heterocycles. The third-order valence-electron chi connectivity index (χ3n) is 4.20. The van der Waals surface area contributed by atoms with Crippen molar-refractivity contribution in [2.45, 2.75) is 23.9 Å². The van der Waals surface area contributed by atoms with Crippen molar-refractivity contribution in [3.8, 4) is 0 Å². The van der Waals surface area contributed by atoms with Gasteiger partial charge in [-0.15, -0.1) is 5.10 Å². The summed E-state index contributed by atoms with van der Waals surface area (Å²) in [6.45, 7) is 0.558. The van der Waals surface area contributed by atoms with Crippen LogP contribution in [-0.2, 0) is 18.7 Å². The molecule has 2 heterocycles. The Balaban J connectivity index is 1.50. The molecule has 7 nitrogen and oxygen atoms in total. The van der Waals surface area contributed by atoms with E-state index in [1.54, 1.807) is 4.57 Å². The molecule has 0 atom stereocenters. The minimum absolute atomic E-state index is 0.215. The molecule has 0 aliphatic heterocycles. The first kappa shape index (κ1) is 17.3. The number of nitrogens with zero attached hydrogens (tertiary/aromatic N) is 4. The Morgan fingerprint density at radius 2 is 1.81 bits per heavy atom. The number of para-hydroxylation sites is 1. The van der Waals surface area contributed by atoms with Gasteiger partial charge in [0.1, 0.15) is 11.6 Å². The number of rotatable bonds is 6. The number of thioether (sulfide) groups is 1. The average molecular weight is 378 g/mol. The van der Waals surface area contributed by atoms with Crippen LogP contribution in [0.15, 0.2) is 64.5 Å². The molecule has 3 N–H and O–H groups in total. The van der Waals surface area contributed by atoms with Gasteiger partial charge in [0, 0.05) is 11.9 Å². The molecule has 0 saturated heterocycles. The van der Waals surface area contributed by atoms with E-state index in [1.165, 1.54) is 17.3 Å². The zero-order valence-corrected chi connectivity index (χ0v) is 15.3. The maximum absolute atomic E-state index is 12.1. The van der Waals surface area contributed by atoms with Gasteiger partial charge in [-0.2, -0.15) is 0 Å². The third-order valence-corrected chi connectivity index (χ3v) is 5.17. The number of aryl methyl sites for hydroxylation is 1. The normalized spacial score (nSPS) is 11.1. The number of hydrogen-bond donors (Lipinski definition) is 2. The zero-order chi connectivity index (χ0) is 18.6. The molecule has 4 aromatic rings. The summed E-state index contributed by atoms with van der Waals surface area (Å²) < 4.78 is 1.64. The van der Waals surface area contributed by atoms with Crippen LogP contribution in [0.25, 0.3) is 10.9 Å². The highest BCUT2D eigenvalue weighted by atomic mass is 32.2. The molecule has 0 radical (unpaired) electrons. The van der Waals surface area contributed by atoms with Gasteiger partial charge in [-0.05, 0) is 24.1 Å². The summed E-state index contributed by atoms with van der Waals surface area (Å²) in [5.74, 6) is 1.55. The molecule has 136 valence electrons. The van der Waals surface area contributed by atoms with Crippen LogP contribution in [-0.4, -0.2) is 24.7 Å². The van der Waals surface area contributed by atoms with Gasteiger partial charge in [-0.1, -0.05) is 54.2 Å². The van der Waals surface area contributed by atoms with Crippen molar-refractivity contribution in [3.05, 3.63) is 76.5 Å². The first-order valence-electron chi connectivity index (χ1n) is 8.54. The van der Waals surface area contributed by atoms with E-state index in [1.807, 2.05) is 54.6 Å². The van der Waals surface area contributed by atoms with Gasteiger partial charge >= 0.3 is 5.69 Å². The Morgan fingerprint density at radius 3 is 2.67 bits per heavy atom. The molecule has 0 saturated carbocycles. The fraction of sp³-hybridized carbons (Fsp3) is 0.158. The van der Waals surface area contributed by atoms with Crippen LogP contribution in [0, 0.1) is 0 Å². The van der Waals surface area contributed by atoms with Gasteiger partial charge in [0.05, 0.1) is 11.3 Å². The van der Waals surface area contributed by atoms with Crippen LogP contribution in [0.2, 0.25) is 0 Å². The van der Waals surface area contributed by atoms with Crippen molar-refractivity contribution >= 4 is 28.5 Å². The van der Waals surface area contributed by atoms with Crippen LogP contribution >= 0.6 is 11.8 Å². The van der Waals surface area contributed by atoms with Crippen molar-refractivity contribution < 1.29 is 0 Å². The van der Waals surface area contributed by atoms with Crippen molar-refractivity contribution in [1.82, 2.24) is 24.7 Å². The van der Waals surface area contributed by atoms with E-state index in [4.69, 9.17) is 5.73 Å². The predicted molar refractivity (Wildman–Crippen MR) is 107 cm³/mol. The van der Waals surface area contributed by atoms with E-state index < -0.39 is 0 Å². The number of aromatic nitrogens is 5. The lowest BCUT2D eigenvalue weighted by Crippen LogP contribution is -2.18. The van der Waals surface area contributed by atoms with E-state index in [-0.39, 0.29) is 5.69 Å². The topological polar surface area (TPSA) is 102 Å². The first-order chi connectivity index (χ1) is 13.2. The van der Waals surface area contributed by atoms with Gasteiger partial charge in [-0.25, -0.2) is 19.9 Å². The second kappa shape index (κ2) is 7.63. The molecule has 2 aromatic carbocycles. The Kier molecular flexibility index (Phi) is 4.88. The molecule has 0 unspecified atom stereocenters. The Bertz CT molecular complexity index is 1120. The lowest BCUT2D eigenvalue weighted by atomic mass is 10.1. The highest BCUT2D eigenvalue weighted by Crippen LogP contribution is 2.22.